The summed E-state index contributed by atoms with van der Waals surface area (Å²) in [7, 11) is 0. The predicted octanol–water partition coefficient (Wildman–Crippen LogP) is 1.64. The summed E-state index contributed by atoms with van der Waals surface area (Å²) in [5, 5.41) is 6.26. The van der Waals surface area contributed by atoms with Crippen molar-refractivity contribution in [1.82, 2.24) is 15.7 Å². The lowest BCUT2D eigenvalue weighted by Gasteiger charge is -2.09. The number of hydrogen-bond acceptors (Lipinski definition) is 5. The van der Waals surface area contributed by atoms with Crippen molar-refractivity contribution < 1.29 is 14.3 Å². The molecule has 7 nitrogen and oxygen atoms in total. The third-order valence-electron chi connectivity index (χ3n) is 3.01. The van der Waals surface area contributed by atoms with Crippen molar-refractivity contribution in [1.29, 1.82) is 0 Å². The number of hydrogen-bond donors (Lipinski definition) is 2. The van der Waals surface area contributed by atoms with E-state index < -0.39 is 11.8 Å². The molecule has 0 saturated heterocycles. The zero-order valence-electron chi connectivity index (χ0n) is 14.1. The molecule has 0 fully saturated rings. The summed E-state index contributed by atoms with van der Waals surface area (Å²) >= 11 is 0. The maximum Gasteiger partial charge on any atom is 0.329 e. The van der Waals surface area contributed by atoms with Gasteiger partial charge in [0.1, 0.15) is 5.75 Å². The smallest absolute Gasteiger partial charge is 0.329 e. The van der Waals surface area contributed by atoms with Gasteiger partial charge in [0.25, 0.3) is 0 Å². The zero-order chi connectivity index (χ0) is 18.1. The van der Waals surface area contributed by atoms with Crippen molar-refractivity contribution in [3.8, 4) is 5.75 Å². The fourth-order valence-corrected chi connectivity index (χ4v) is 1.89. The standard InChI is InChI=1S/C18H20N4O3/c1-13(2)25-16-7-5-14(6-8-16)12-21-22-18(24)17(23)20-11-15-4-3-9-19-10-15/h3-10,12-13H,11H2,1-2H3,(H,20,23)(H,22,24). The van der Waals surface area contributed by atoms with Crippen LogP contribution in [0.25, 0.3) is 0 Å². The van der Waals surface area contributed by atoms with Crippen LogP contribution in [0.1, 0.15) is 25.0 Å². The van der Waals surface area contributed by atoms with E-state index in [0.717, 1.165) is 16.9 Å². The zero-order valence-corrected chi connectivity index (χ0v) is 14.1. The first-order valence-corrected chi connectivity index (χ1v) is 7.81. The van der Waals surface area contributed by atoms with Crippen LogP contribution in [-0.4, -0.2) is 29.1 Å². The van der Waals surface area contributed by atoms with Crippen LogP contribution in [0.3, 0.4) is 0 Å². The Morgan fingerprint density at radius 1 is 1.20 bits per heavy atom. The molecule has 1 aromatic carbocycles. The molecule has 1 heterocycles. The SMILES string of the molecule is CC(C)Oc1ccc(C=NNC(=O)C(=O)NCc2cccnc2)cc1. The summed E-state index contributed by atoms with van der Waals surface area (Å²) in [6.07, 6.45) is 4.80. The fraction of sp³-hybridized carbons (Fsp3) is 0.222. The number of rotatable bonds is 6. The first kappa shape index (κ1) is 18.1. The van der Waals surface area contributed by atoms with Gasteiger partial charge in [-0.1, -0.05) is 6.07 Å². The van der Waals surface area contributed by atoms with Crippen molar-refractivity contribution >= 4 is 18.0 Å². The van der Waals surface area contributed by atoms with Gasteiger partial charge < -0.3 is 10.1 Å². The van der Waals surface area contributed by atoms with Crippen molar-refractivity contribution in [2.75, 3.05) is 0 Å². The highest BCUT2D eigenvalue weighted by Crippen LogP contribution is 2.12. The van der Waals surface area contributed by atoms with E-state index >= 15 is 0 Å². The third-order valence-corrected chi connectivity index (χ3v) is 3.01. The van der Waals surface area contributed by atoms with E-state index in [9.17, 15) is 9.59 Å². The minimum Gasteiger partial charge on any atom is -0.491 e. The van der Waals surface area contributed by atoms with Crippen molar-refractivity contribution in [2.24, 2.45) is 5.10 Å². The number of carbonyl (C=O) groups excluding carboxylic acids is 2. The Morgan fingerprint density at radius 2 is 1.96 bits per heavy atom. The second kappa shape index (κ2) is 9.17. The molecule has 0 aliphatic heterocycles. The first-order chi connectivity index (χ1) is 12.0. The van der Waals surface area contributed by atoms with Gasteiger partial charge in [0.2, 0.25) is 0 Å². The lowest BCUT2D eigenvalue weighted by atomic mass is 10.2. The van der Waals surface area contributed by atoms with E-state index in [1.807, 2.05) is 26.0 Å². The van der Waals surface area contributed by atoms with E-state index in [1.54, 1.807) is 36.7 Å². The van der Waals surface area contributed by atoms with E-state index in [0.29, 0.717) is 0 Å². The van der Waals surface area contributed by atoms with Gasteiger partial charge >= 0.3 is 11.8 Å². The molecule has 0 bridgehead atoms. The topological polar surface area (TPSA) is 92.7 Å². The van der Waals surface area contributed by atoms with E-state index in [1.165, 1.54) is 6.21 Å². The van der Waals surface area contributed by atoms with Gasteiger partial charge in [0.15, 0.2) is 0 Å². The summed E-state index contributed by atoms with van der Waals surface area (Å²) in [5.74, 6) is -0.840. The van der Waals surface area contributed by atoms with Crippen molar-refractivity contribution in [2.45, 2.75) is 26.5 Å². The highest BCUT2D eigenvalue weighted by atomic mass is 16.5. The van der Waals surface area contributed by atoms with E-state index in [-0.39, 0.29) is 12.6 Å². The number of ether oxygens (including phenoxy) is 1. The van der Waals surface area contributed by atoms with Crippen LogP contribution in [0.2, 0.25) is 0 Å². The average Bonchev–Trinajstić information content (AvgIpc) is 2.61. The van der Waals surface area contributed by atoms with Crippen LogP contribution >= 0.6 is 0 Å². The van der Waals surface area contributed by atoms with Crippen LogP contribution in [-0.2, 0) is 16.1 Å². The Hall–Kier alpha value is -3.22. The van der Waals surface area contributed by atoms with Gasteiger partial charge in [-0.25, -0.2) is 5.43 Å². The highest BCUT2D eigenvalue weighted by molar-refractivity contribution is 6.35. The quantitative estimate of drug-likeness (QED) is 0.475. The lowest BCUT2D eigenvalue weighted by molar-refractivity contribution is -0.139. The highest BCUT2D eigenvalue weighted by Gasteiger charge is 2.11. The van der Waals surface area contributed by atoms with Gasteiger partial charge in [0.05, 0.1) is 12.3 Å². The van der Waals surface area contributed by atoms with E-state index in [4.69, 9.17) is 4.74 Å². The molecule has 2 aromatic rings. The molecule has 2 amide bonds. The Kier molecular flexibility index (Phi) is 6.65. The second-order valence-corrected chi connectivity index (χ2v) is 5.48. The fourth-order valence-electron chi connectivity index (χ4n) is 1.89. The second-order valence-electron chi connectivity index (χ2n) is 5.48. The van der Waals surface area contributed by atoms with Crippen LogP contribution in [0.5, 0.6) is 5.75 Å². The number of aromatic nitrogens is 1. The average molecular weight is 340 g/mol. The molecule has 0 radical (unpaired) electrons. The summed E-state index contributed by atoms with van der Waals surface area (Å²) < 4.78 is 5.54. The number of nitrogens with one attached hydrogen (secondary N) is 2. The summed E-state index contributed by atoms with van der Waals surface area (Å²) in [6, 6.07) is 10.8. The molecule has 1 aromatic heterocycles. The van der Waals surface area contributed by atoms with Crippen LogP contribution in [0.15, 0.2) is 53.9 Å². The molecule has 0 unspecified atom stereocenters. The van der Waals surface area contributed by atoms with Crippen molar-refractivity contribution in [3.63, 3.8) is 0 Å². The Balaban J connectivity index is 1.78. The van der Waals surface area contributed by atoms with Gasteiger partial charge in [-0.2, -0.15) is 5.10 Å². The molecule has 0 aliphatic carbocycles. The molecule has 7 heteroatoms. The molecule has 0 spiro atoms. The molecule has 130 valence electrons. The first-order valence-electron chi connectivity index (χ1n) is 7.81. The van der Waals surface area contributed by atoms with Crippen LogP contribution < -0.4 is 15.5 Å². The van der Waals surface area contributed by atoms with Gasteiger partial charge in [-0.05, 0) is 55.3 Å². The van der Waals surface area contributed by atoms with Crippen LogP contribution in [0.4, 0.5) is 0 Å². The molecular weight excluding hydrogens is 320 g/mol. The number of pyridine rings is 1. The van der Waals surface area contributed by atoms with Crippen LogP contribution in [0, 0.1) is 0 Å². The lowest BCUT2D eigenvalue weighted by Crippen LogP contribution is -2.37. The van der Waals surface area contributed by atoms with Gasteiger partial charge in [-0.3, -0.25) is 14.6 Å². The Bertz CT molecular complexity index is 728. The molecule has 0 saturated carbocycles. The predicted molar refractivity (Wildman–Crippen MR) is 94.0 cm³/mol. The molecule has 2 N–H and O–H groups in total. The molecular formula is C18H20N4O3. The molecule has 2 rings (SSSR count). The van der Waals surface area contributed by atoms with E-state index in [2.05, 4.69) is 20.8 Å². The summed E-state index contributed by atoms with van der Waals surface area (Å²) in [4.78, 5) is 27.3. The Morgan fingerprint density at radius 3 is 2.60 bits per heavy atom. The Labute approximate surface area is 146 Å². The minimum atomic E-state index is -0.833. The summed E-state index contributed by atoms with van der Waals surface area (Å²) in [6.45, 7) is 4.12. The number of nitrogens with zero attached hydrogens (tertiary/aromatic N) is 2. The maximum absolute atomic E-state index is 11.7. The maximum atomic E-state index is 11.7. The third kappa shape index (κ3) is 6.42. The molecule has 25 heavy (non-hydrogen) atoms. The number of benzene rings is 1. The summed E-state index contributed by atoms with van der Waals surface area (Å²) in [5.41, 5.74) is 3.76. The normalized spacial score (nSPS) is 10.7. The van der Waals surface area contributed by atoms with Gasteiger partial charge in [-0.15, -0.1) is 0 Å². The molecule has 0 aliphatic rings. The monoisotopic (exact) mass is 340 g/mol. The number of amides is 2. The van der Waals surface area contributed by atoms with Gasteiger partial charge in [0, 0.05) is 18.9 Å². The number of hydrazone groups is 1. The molecule has 0 atom stereocenters. The minimum absolute atomic E-state index is 0.101. The number of carbonyl (C=O) groups is 2. The van der Waals surface area contributed by atoms with Crippen molar-refractivity contribution in [3.05, 3.63) is 59.9 Å². The largest absolute Gasteiger partial charge is 0.491 e.